The summed E-state index contributed by atoms with van der Waals surface area (Å²) in [6.07, 6.45) is 0. The van der Waals surface area contributed by atoms with Gasteiger partial charge in [0.25, 0.3) is 5.91 Å². The number of carbonyl (C=O) groups is 2. The van der Waals surface area contributed by atoms with Crippen molar-refractivity contribution in [2.75, 3.05) is 11.9 Å². The Morgan fingerprint density at radius 2 is 1.73 bits per heavy atom. The van der Waals surface area contributed by atoms with E-state index in [1.807, 2.05) is 32.0 Å². The lowest BCUT2D eigenvalue weighted by molar-refractivity contribution is -0.118. The van der Waals surface area contributed by atoms with Crippen LogP contribution in [0.3, 0.4) is 0 Å². The van der Waals surface area contributed by atoms with Crippen LogP contribution in [0.25, 0.3) is 0 Å². The number of ether oxygens (including phenoxy) is 1. The standard InChI is InChI=1S/C17H18N2O3/c1-11-3-8-15(9-12(11)2)22-10-16(20)19-14-6-4-13(5-7-14)17(18)21/h3-9H,10H2,1-2H3,(H2,18,21)(H,19,20). The van der Waals surface area contributed by atoms with Crippen molar-refractivity contribution in [3.8, 4) is 5.75 Å². The van der Waals surface area contributed by atoms with Gasteiger partial charge in [-0.3, -0.25) is 9.59 Å². The first-order chi connectivity index (χ1) is 10.5. The van der Waals surface area contributed by atoms with Crippen LogP contribution in [0.5, 0.6) is 5.75 Å². The first kappa shape index (κ1) is 15.6. The second-order valence-corrected chi connectivity index (χ2v) is 5.02. The monoisotopic (exact) mass is 298 g/mol. The van der Waals surface area contributed by atoms with Gasteiger partial charge in [-0.25, -0.2) is 0 Å². The Hall–Kier alpha value is -2.82. The highest BCUT2D eigenvalue weighted by molar-refractivity contribution is 5.95. The van der Waals surface area contributed by atoms with E-state index in [1.54, 1.807) is 24.3 Å². The molecule has 0 spiro atoms. The second kappa shape index (κ2) is 6.76. The molecule has 2 aromatic carbocycles. The maximum atomic E-state index is 11.8. The highest BCUT2D eigenvalue weighted by Gasteiger charge is 2.05. The molecule has 3 N–H and O–H groups in total. The lowest BCUT2D eigenvalue weighted by Crippen LogP contribution is -2.20. The normalized spacial score (nSPS) is 10.1. The highest BCUT2D eigenvalue weighted by Crippen LogP contribution is 2.16. The Kier molecular flexibility index (Phi) is 4.78. The van der Waals surface area contributed by atoms with E-state index in [1.165, 1.54) is 5.56 Å². The number of anilines is 1. The van der Waals surface area contributed by atoms with Crippen molar-refractivity contribution in [3.63, 3.8) is 0 Å². The van der Waals surface area contributed by atoms with Crippen molar-refractivity contribution in [2.45, 2.75) is 13.8 Å². The fourth-order valence-corrected chi connectivity index (χ4v) is 1.87. The van der Waals surface area contributed by atoms with E-state index in [0.717, 1.165) is 5.56 Å². The molecule has 0 aromatic heterocycles. The number of nitrogens with two attached hydrogens (primary N) is 1. The average molecular weight is 298 g/mol. The van der Waals surface area contributed by atoms with Crippen LogP contribution in [-0.2, 0) is 4.79 Å². The van der Waals surface area contributed by atoms with Crippen LogP contribution in [0.1, 0.15) is 21.5 Å². The Morgan fingerprint density at radius 3 is 2.32 bits per heavy atom. The fraction of sp³-hybridized carbons (Fsp3) is 0.176. The van der Waals surface area contributed by atoms with Crippen LogP contribution >= 0.6 is 0 Å². The number of hydrogen-bond donors (Lipinski definition) is 2. The van der Waals surface area contributed by atoms with Gasteiger partial charge >= 0.3 is 0 Å². The molecule has 0 aliphatic carbocycles. The zero-order valence-corrected chi connectivity index (χ0v) is 12.6. The third-order valence-electron chi connectivity index (χ3n) is 3.30. The van der Waals surface area contributed by atoms with E-state index in [0.29, 0.717) is 17.0 Å². The average Bonchev–Trinajstić information content (AvgIpc) is 2.49. The van der Waals surface area contributed by atoms with Gasteiger partial charge in [0.2, 0.25) is 5.91 Å². The lowest BCUT2D eigenvalue weighted by atomic mass is 10.1. The summed E-state index contributed by atoms with van der Waals surface area (Å²) in [6.45, 7) is 3.92. The van der Waals surface area contributed by atoms with Crippen LogP contribution in [-0.4, -0.2) is 18.4 Å². The molecule has 0 bridgehead atoms. The largest absolute Gasteiger partial charge is 0.484 e. The molecule has 114 valence electrons. The molecule has 0 unspecified atom stereocenters. The molecule has 5 heteroatoms. The number of rotatable bonds is 5. The second-order valence-electron chi connectivity index (χ2n) is 5.02. The van der Waals surface area contributed by atoms with Gasteiger partial charge in [-0.2, -0.15) is 0 Å². The predicted molar refractivity (Wildman–Crippen MR) is 85.0 cm³/mol. The molecule has 0 aliphatic rings. The smallest absolute Gasteiger partial charge is 0.262 e. The van der Waals surface area contributed by atoms with E-state index in [-0.39, 0.29) is 12.5 Å². The van der Waals surface area contributed by atoms with Crippen LogP contribution in [0.2, 0.25) is 0 Å². The number of amides is 2. The van der Waals surface area contributed by atoms with Gasteiger partial charge in [-0.15, -0.1) is 0 Å². The SMILES string of the molecule is Cc1ccc(OCC(=O)Nc2ccc(C(N)=O)cc2)cc1C. The topological polar surface area (TPSA) is 81.4 Å². The molecule has 0 atom stereocenters. The zero-order valence-electron chi connectivity index (χ0n) is 12.6. The molecular weight excluding hydrogens is 280 g/mol. The van der Waals surface area contributed by atoms with Crippen molar-refractivity contribution in [2.24, 2.45) is 5.73 Å². The summed E-state index contributed by atoms with van der Waals surface area (Å²) in [7, 11) is 0. The lowest BCUT2D eigenvalue weighted by Gasteiger charge is -2.09. The van der Waals surface area contributed by atoms with Crippen molar-refractivity contribution < 1.29 is 14.3 Å². The summed E-state index contributed by atoms with van der Waals surface area (Å²) < 4.78 is 5.45. The molecule has 0 heterocycles. The number of hydrogen-bond acceptors (Lipinski definition) is 3. The highest BCUT2D eigenvalue weighted by atomic mass is 16.5. The summed E-state index contributed by atoms with van der Waals surface area (Å²) in [5.41, 5.74) is 8.41. The molecule has 0 radical (unpaired) electrons. The van der Waals surface area contributed by atoms with Crippen LogP contribution in [0, 0.1) is 13.8 Å². The molecule has 0 fully saturated rings. The van der Waals surface area contributed by atoms with Crippen molar-refractivity contribution in [1.82, 2.24) is 0 Å². The third-order valence-corrected chi connectivity index (χ3v) is 3.30. The van der Waals surface area contributed by atoms with Crippen molar-refractivity contribution in [1.29, 1.82) is 0 Å². The van der Waals surface area contributed by atoms with Gasteiger partial charge in [0.05, 0.1) is 0 Å². The van der Waals surface area contributed by atoms with E-state index in [2.05, 4.69) is 5.32 Å². The zero-order chi connectivity index (χ0) is 16.1. The van der Waals surface area contributed by atoms with Gasteiger partial charge in [-0.05, 0) is 61.4 Å². The van der Waals surface area contributed by atoms with Crippen molar-refractivity contribution >= 4 is 17.5 Å². The number of benzene rings is 2. The Balaban J connectivity index is 1.89. The van der Waals surface area contributed by atoms with Gasteiger partial charge in [0.1, 0.15) is 5.75 Å². The summed E-state index contributed by atoms with van der Waals surface area (Å²) in [4.78, 5) is 22.8. The minimum Gasteiger partial charge on any atom is -0.484 e. The summed E-state index contributed by atoms with van der Waals surface area (Å²) in [6, 6.07) is 12.0. The van der Waals surface area contributed by atoms with Crippen LogP contribution in [0.4, 0.5) is 5.69 Å². The maximum Gasteiger partial charge on any atom is 0.262 e. The van der Waals surface area contributed by atoms with Crippen LogP contribution < -0.4 is 15.8 Å². The Morgan fingerprint density at radius 1 is 1.05 bits per heavy atom. The maximum absolute atomic E-state index is 11.8. The molecule has 0 saturated heterocycles. The van der Waals surface area contributed by atoms with Gasteiger partial charge < -0.3 is 15.8 Å². The molecule has 0 aliphatic heterocycles. The summed E-state index contributed by atoms with van der Waals surface area (Å²) >= 11 is 0. The first-order valence-electron chi connectivity index (χ1n) is 6.85. The Labute approximate surface area is 129 Å². The van der Waals surface area contributed by atoms with Gasteiger partial charge in [0, 0.05) is 11.3 Å². The molecular formula is C17H18N2O3. The fourth-order valence-electron chi connectivity index (χ4n) is 1.87. The third kappa shape index (κ3) is 4.09. The first-order valence-corrected chi connectivity index (χ1v) is 6.85. The number of aryl methyl sites for hydroxylation is 2. The molecule has 2 aromatic rings. The predicted octanol–water partition coefficient (Wildman–Crippen LogP) is 2.42. The minimum absolute atomic E-state index is 0.0833. The van der Waals surface area contributed by atoms with E-state index < -0.39 is 5.91 Å². The quantitative estimate of drug-likeness (QED) is 0.889. The van der Waals surface area contributed by atoms with E-state index in [9.17, 15) is 9.59 Å². The molecule has 0 saturated carbocycles. The summed E-state index contributed by atoms with van der Waals surface area (Å²) in [5.74, 6) is -0.122. The number of primary amides is 1. The molecule has 5 nitrogen and oxygen atoms in total. The van der Waals surface area contributed by atoms with Gasteiger partial charge in [0.15, 0.2) is 6.61 Å². The molecule has 2 amide bonds. The minimum atomic E-state index is -0.504. The van der Waals surface area contributed by atoms with E-state index >= 15 is 0 Å². The Bertz CT molecular complexity index is 694. The van der Waals surface area contributed by atoms with Crippen molar-refractivity contribution in [3.05, 3.63) is 59.2 Å². The van der Waals surface area contributed by atoms with Gasteiger partial charge in [-0.1, -0.05) is 6.07 Å². The van der Waals surface area contributed by atoms with E-state index in [4.69, 9.17) is 10.5 Å². The summed E-state index contributed by atoms with van der Waals surface area (Å²) in [5, 5.41) is 2.69. The number of carbonyl (C=O) groups excluding carboxylic acids is 2. The number of nitrogens with one attached hydrogen (secondary N) is 1. The molecule has 2 rings (SSSR count). The van der Waals surface area contributed by atoms with Crippen LogP contribution in [0.15, 0.2) is 42.5 Å². The molecule has 22 heavy (non-hydrogen) atoms.